The Hall–Kier alpha value is -1.30. The molecule has 1 heterocycles. The van der Waals surface area contributed by atoms with Crippen LogP contribution in [0.15, 0.2) is 18.2 Å². The zero-order valence-electron chi connectivity index (χ0n) is 9.63. The molecule has 2 rings (SSSR count). The van der Waals surface area contributed by atoms with Crippen molar-refractivity contribution in [1.29, 1.82) is 0 Å². The van der Waals surface area contributed by atoms with Crippen LogP contribution in [0.4, 0.5) is 0 Å². The molecule has 0 saturated carbocycles. The van der Waals surface area contributed by atoms with Crippen LogP contribution in [0.25, 0.3) is 0 Å². The van der Waals surface area contributed by atoms with Crippen molar-refractivity contribution >= 4 is 0 Å². The summed E-state index contributed by atoms with van der Waals surface area (Å²) < 4.78 is 0. The monoisotopic (exact) mass is 238 g/mol. The summed E-state index contributed by atoms with van der Waals surface area (Å²) in [4.78, 5) is 2.17. The number of benzene rings is 1. The van der Waals surface area contributed by atoms with Gasteiger partial charge >= 0.3 is 0 Å². The van der Waals surface area contributed by atoms with Gasteiger partial charge in [0.1, 0.15) is 0 Å². The number of aliphatic hydroxyl groups is 1. The number of hydrogen-bond donors (Lipinski definition) is 4. The lowest BCUT2D eigenvalue weighted by molar-refractivity contribution is 0.110. The van der Waals surface area contributed by atoms with Gasteiger partial charge in [0.2, 0.25) is 0 Å². The summed E-state index contributed by atoms with van der Waals surface area (Å²) in [5.41, 5.74) is 0.824. The maximum atomic E-state index is 9.49. The SMILES string of the molecule is OC[C@@H](c1ccc(O)c(O)c1)N1CCNCC1. The van der Waals surface area contributed by atoms with Crippen LogP contribution < -0.4 is 5.32 Å². The van der Waals surface area contributed by atoms with Crippen molar-refractivity contribution in [1.82, 2.24) is 10.2 Å². The van der Waals surface area contributed by atoms with E-state index in [1.807, 2.05) is 0 Å². The molecule has 94 valence electrons. The molecule has 0 aliphatic carbocycles. The molecule has 0 aromatic heterocycles. The number of piperazine rings is 1. The highest BCUT2D eigenvalue weighted by atomic mass is 16.3. The van der Waals surface area contributed by atoms with Crippen molar-refractivity contribution in [2.45, 2.75) is 6.04 Å². The van der Waals surface area contributed by atoms with Crippen molar-refractivity contribution in [3.05, 3.63) is 23.8 Å². The molecule has 0 radical (unpaired) electrons. The molecule has 1 aromatic rings. The van der Waals surface area contributed by atoms with Crippen LogP contribution in [0, 0.1) is 0 Å². The van der Waals surface area contributed by atoms with Crippen molar-refractivity contribution < 1.29 is 15.3 Å². The summed E-state index contributed by atoms with van der Waals surface area (Å²) in [5, 5.41) is 31.5. The summed E-state index contributed by atoms with van der Waals surface area (Å²) in [5.74, 6) is -0.276. The van der Waals surface area contributed by atoms with Crippen LogP contribution in [-0.2, 0) is 0 Å². The van der Waals surface area contributed by atoms with E-state index in [1.54, 1.807) is 6.07 Å². The standard InChI is InChI=1S/C12H18N2O3/c15-8-10(14-5-3-13-4-6-14)9-1-2-11(16)12(17)7-9/h1-2,7,10,13,15-17H,3-6,8H2/t10-/m0/s1. The predicted octanol–water partition coefficient (Wildman–Crippen LogP) is 0.0364. The van der Waals surface area contributed by atoms with Gasteiger partial charge in [-0.05, 0) is 17.7 Å². The van der Waals surface area contributed by atoms with E-state index in [0.717, 1.165) is 31.7 Å². The third-order valence-corrected chi connectivity index (χ3v) is 3.15. The molecular formula is C12H18N2O3. The number of phenolic OH excluding ortho intramolecular Hbond substituents is 2. The minimum atomic E-state index is -0.143. The highest BCUT2D eigenvalue weighted by Gasteiger charge is 2.22. The topological polar surface area (TPSA) is 76.0 Å². The van der Waals surface area contributed by atoms with Crippen molar-refractivity contribution in [2.75, 3.05) is 32.8 Å². The summed E-state index contributed by atoms with van der Waals surface area (Å²) >= 11 is 0. The highest BCUT2D eigenvalue weighted by Crippen LogP contribution is 2.30. The van der Waals surface area contributed by atoms with Gasteiger partial charge in [0.25, 0.3) is 0 Å². The fourth-order valence-corrected chi connectivity index (χ4v) is 2.17. The van der Waals surface area contributed by atoms with Gasteiger partial charge in [0.05, 0.1) is 12.6 Å². The molecule has 5 nitrogen and oxygen atoms in total. The number of aromatic hydroxyl groups is 2. The maximum Gasteiger partial charge on any atom is 0.157 e. The van der Waals surface area contributed by atoms with E-state index in [4.69, 9.17) is 0 Å². The molecule has 0 unspecified atom stereocenters. The van der Waals surface area contributed by atoms with E-state index >= 15 is 0 Å². The van der Waals surface area contributed by atoms with Crippen LogP contribution in [-0.4, -0.2) is 53.0 Å². The Morgan fingerprint density at radius 2 is 1.88 bits per heavy atom. The Kier molecular flexibility index (Phi) is 3.83. The largest absolute Gasteiger partial charge is 0.504 e. The number of hydrogen-bond acceptors (Lipinski definition) is 5. The first kappa shape index (κ1) is 12.2. The Balaban J connectivity index is 2.18. The van der Waals surface area contributed by atoms with E-state index in [-0.39, 0.29) is 24.1 Å². The molecule has 0 bridgehead atoms. The highest BCUT2D eigenvalue weighted by molar-refractivity contribution is 5.41. The minimum Gasteiger partial charge on any atom is -0.504 e. The van der Waals surface area contributed by atoms with Gasteiger partial charge in [0, 0.05) is 26.2 Å². The molecule has 1 fully saturated rings. The number of rotatable bonds is 3. The lowest BCUT2D eigenvalue weighted by Gasteiger charge is -2.34. The lowest BCUT2D eigenvalue weighted by atomic mass is 10.0. The molecule has 4 N–H and O–H groups in total. The van der Waals surface area contributed by atoms with E-state index in [0.29, 0.717) is 0 Å². The zero-order chi connectivity index (χ0) is 12.3. The number of nitrogens with zero attached hydrogens (tertiary/aromatic N) is 1. The van der Waals surface area contributed by atoms with E-state index in [9.17, 15) is 15.3 Å². The Morgan fingerprint density at radius 1 is 1.18 bits per heavy atom. The third kappa shape index (κ3) is 2.69. The van der Waals surface area contributed by atoms with E-state index in [2.05, 4.69) is 10.2 Å². The average molecular weight is 238 g/mol. The Labute approximate surface area is 100 Å². The van der Waals surface area contributed by atoms with Gasteiger partial charge in [-0.25, -0.2) is 0 Å². The first-order valence-electron chi connectivity index (χ1n) is 5.80. The van der Waals surface area contributed by atoms with Gasteiger partial charge in [-0.15, -0.1) is 0 Å². The molecule has 1 aliphatic rings. The molecule has 0 spiro atoms. The molecule has 1 saturated heterocycles. The molecule has 1 aromatic carbocycles. The second kappa shape index (κ2) is 5.35. The van der Waals surface area contributed by atoms with E-state index < -0.39 is 0 Å². The number of phenols is 2. The minimum absolute atomic E-state index is 0.00418. The van der Waals surface area contributed by atoms with Gasteiger partial charge in [-0.1, -0.05) is 6.07 Å². The summed E-state index contributed by atoms with van der Waals surface area (Å²) in [7, 11) is 0. The van der Waals surface area contributed by atoms with Crippen LogP contribution in [0.5, 0.6) is 11.5 Å². The van der Waals surface area contributed by atoms with Gasteiger partial charge in [-0.3, -0.25) is 4.90 Å². The molecule has 0 amide bonds. The Bertz CT molecular complexity index is 378. The summed E-state index contributed by atoms with van der Waals surface area (Å²) in [6.07, 6.45) is 0. The van der Waals surface area contributed by atoms with Gasteiger partial charge < -0.3 is 20.6 Å². The van der Waals surface area contributed by atoms with Crippen LogP contribution >= 0.6 is 0 Å². The fraction of sp³-hybridized carbons (Fsp3) is 0.500. The van der Waals surface area contributed by atoms with E-state index in [1.165, 1.54) is 12.1 Å². The van der Waals surface area contributed by atoms with Crippen molar-refractivity contribution in [3.63, 3.8) is 0 Å². The maximum absolute atomic E-state index is 9.49. The van der Waals surface area contributed by atoms with Crippen LogP contribution in [0.3, 0.4) is 0 Å². The molecule has 1 aliphatic heterocycles. The molecule has 17 heavy (non-hydrogen) atoms. The van der Waals surface area contributed by atoms with Gasteiger partial charge in [0.15, 0.2) is 11.5 Å². The average Bonchev–Trinajstić information content (AvgIpc) is 2.36. The van der Waals surface area contributed by atoms with Crippen molar-refractivity contribution in [3.8, 4) is 11.5 Å². The second-order valence-corrected chi connectivity index (χ2v) is 4.23. The van der Waals surface area contributed by atoms with Gasteiger partial charge in [-0.2, -0.15) is 0 Å². The first-order chi connectivity index (χ1) is 8.22. The summed E-state index contributed by atoms with van der Waals surface area (Å²) in [6.45, 7) is 3.55. The van der Waals surface area contributed by atoms with Crippen LogP contribution in [0.1, 0.15) is 11.6 Å². The molecule has 5 heteroatoms. The normalized spacial score (nSPS) is 19.1. The number of nitrogens with one attached hydrogen (secondary N) is 1. The van der Waals surface area contributed by atoms with Crippen LogP contribution in [0.2, 0.25) is 0 Å². The first-order valence-corrected chi connectivity index (χ1v) is 5.80. The Morgan fingerprint density at radius 3 is 2.47 bits per heavy atom. The van der Waals surface area contributed by atoms with Crippen molar-refractivity contribution in [2.24, 2.45) is 0 Å². The quantitative estimate of drug-likeness (QED) is 0.559. The molecule has 1 atom stereocenters. The second-order valence-electron chi connectivity index (χ2n) is 4.23. The fourth-order valence-electron chi connectivity index (χ4n) is 2.17. The molecular weight excluding hydrogens is 220 g/mol. The number of aliphatic hydroxyl groups excluding tert-OH is 1. The zero-order valence-corrected chi connectivity index (χ0v) is 9.63. The summed E-state index contributed by atoms with van der Waals surface area (Å²) in [6, 6.07) is 4.58. The lowest BCUT2D eigenvalue weighted by Crippen LogP contribution is -2.46. The smallest absolute Gasteiger partial charge is 0.157 e. The predicted molar refractivity (Wildman–Crippen MR) is 64.0 cm³/mol. The third-order valence-electron chi connectivity index (χ3n) is 3.15.